The van der Waals surface area contributed by atoms with Crippen LogP contribution in [0.4, 0.5) is 0 Å². The van der Waals surface area contributed by atoms with Gasteiger partial charge >= 0.3 is 5.97 Å². The number of esters is 1. The molecule has 7 heteroatoms. The van der Waals surface area contributed by atoms with Crippen LogP contribution in [0.5, 0.6) is 0 Å². The molecule has 0 aliphatic carbocycles. The van der Waals surface area contributed by atoms with Crippen molar-refractivity contribution in [1.82, 2.24) is 20.5 Å². The quantitative estimate of drug-likeness (QED) is 0.555. The van der Waals surface area contributed by atoms with Crippen molar-refractivity contribution in [2.75, 3.05) is 19.4 Å². The van der Waals surface area contributed by atoms with Gasteiger partial charge in [-0.1, -0.05) is 18.7 Å². The second-order valence-corrected chi connectivity index (χ2v) is 4.13. The lowest BCUT2D eigenvalue weighted by atomic mass is 10.3. The van der Waals surface area contributed by atoms with Crippen LogP contribution in [0.25, 0.3) is 0 Å². The molecular formula is C9H16N4O2S. The van der Waals surface area contributed by atoms with Crippen molar-refractivity contribution < 1.29 is 9.53 Å². The van der Waals surface area contributed by atoms with Crippen LogP contribution >= 0.6 is 11.8 Å². The van der Waals surface area contributed by atoms with Crippen molar-refractivity contribution in [3.63, 3.8) is 0 Å². The molecule has 1 unspecified atom stereocenters. The number of methoxy groups -OCH3 is 1. The Kier molecular flexibility index (Phi) is 5.27. The molecule has 1 rings (SSSR count). The average Bonchev–Trinajstić information content (AvgIpc) is 2.69. The molecule has 2 N–H and O–H groups in total. The van der Waals surface area contributed by atoms with Crippen LogP contribution in [0, 0.1) is 6.92 Å². The number of aromatic amines is 1. The molecule has 0 spiro atoms. The van der Waals surface area contributed by atoms with Gasteiger partial charge in [-0.2, -0.15) is 0 Å². The van der Waals surface area contributed by atoms with Crippen LogP contribution in [0.1, 0.15) is 12.7 Å². The lowest BCUT2D eigenvalue weighted by molar-refractivity contribution is -0.142. The van der Waals surface area contributed by atoms with Crippen LogP contribution in [-0.2, 0) is 9.53 Å². The molecule has 1 aromatic rings. The summed E-state index contributed by atoms with van der Waals surface area (Å²) in [6, 6.07) is -0.321. The maximum Gasteiger partial charge on any atom is 0.323 e. The van der Waals surface area contributed by atoms with Gasteiger partial charge < -0.3 is 10.1 Å². The Balaban J connectivity index is 2.46. The van der Waals surface area contributed by atoms with Gasteiger partial charge in [0.05, 0.1) is 7.11 Å². The highest BCUT2D eigenvalue weighted by atomic mass is 32.2. The molecule has 0 fully saturated rings. The number of hydrogen-bond donors (Lipinski definition) is 2. The first-order valence-electron chi connectivity index (χ1n) is 5.00. The van der Waals surface area contributed by atoms with E-state index in [0.717, 1.165) is 5.82 Å². The van der Waals surface area contributed by atoms with Gasteiger partial charge in [0.1, 0.15) is 11.9 Å². The minimum Gasteiger partial charge on any atom is -0.468 e. The predicted molar refractivity (Wildman–Crippen MR) is 61.3 cm³/mol. The lowest BCUT2D eigenvalue weighted by Gasteiger charge is -2.13. The Morgan fingerprint density at radius 2 is 2.44 bits per heavy atom. The molecular weight excluding hydrogens is 228 g/mol. The molecule has 1 atom stereocenters. The Morgan fingerprint density at radius 1 is 1.69 bits per heavy atom. The van der Waals surface area contributed by atoms with Gasteiger partial charge in [-0.25, -0.2) is 4.98 Å². The van der Waals surface area contributed by atoms with Gasteiger partial charge in [-0.15, -0.1) is 5.10 Å². The summed E-state index contributed by atoms with van der Waals surface area (Å²) in [4.78, 5) is 15.5. The minimum absolute atomic E-state index is 0.262. The van der Waals surface area contributed by atoms with Crippen molar-refractivity contribution in [2.45, 2.75) is 25.0 Å². The Hall–Kier alpha value is -1.08. The largest absolute Gasteiger partial charge is 0.468 e. The molecule has 0 aliphatic rings. The van der Waals surface area contributed by atoms with Crippen LogP contribution in [0.2, 0.25) is 0 Å². The number of carbonyl (C=O) groups is 1. The van der Waals surface area contributed by atoms with Gasteiger partial charge in [-0.3, -0.25) is 9.89 Å². The van der Waals surface area contributed by atoms with E-state index in [1.807, 2.05) is 13.8 Å². The fourth-order valence-corrected chi connectivity index (χ4v) is 2.02. The number of nitrogens with one attached hydrogen (secondary N) is 2. The van der Waals surface area contributed by atoms with E-state index in [2.05, 4.69) is 20.5 Å². The zero-order valence-electron chi connectivity index (χ0n) is 9.61. The molecule has 6 nitrogen and oxygen atoms in total. The van der Waals surface area contributed by atoms with Gasteiger partial charge in [-0.05, 0) is 13.5 Å². The second-order valence-electron chi connectivity index (χ2n) is 3.15. The number of hydrogen-bond acceptors (Lipinski definition) is 6. The van der Waals surface area contributed by atoms with E-state index in [1.54, 1.807) is 0 Å². The number of thioether (sulfide) groups is 1. The smallest absolute Gasteiger partial charge is 0.323 e. The van der Waals surface area contributed by atoms with Crippen molar-refractivity contribution in [3.05, 3.63) is 5.82 Å². The van der Waals surface area contributed by atoms with Crippen molar-refractivity contribution in [3.8, 4) is 0 Å². The molecule has 0 bridgehead atoms. The number of ether oxygens (including phenoxy) is 1. The standard InChI is InChI=1S/C9H16N4O2S/c1-4-10-7(8(14)15-3)5-16-9-11-6(2)12-13-9/h7,10H,4-5H2,1-3H3,(H,11,12,13). The summed E-state index contributed by atoms with van der Waals surface area (Å²) < 4.78 is 4.70. The van der Waals surface area contributed by atoms with Gasteiger partial charge in [0.2, 0.25) is 5.16 Å². The zero-order valence-corrected chi connectivity index (χ0v) is 10.4. The predicted octanol–water partition coefficient (Wildman–Crippen LogP) is 0.356. The fraction of sp³-hybridized carbons (Fsp3) is 0.667. The Bertz CT molecular complexity index is 342. The second kappa shape index (κ2) is 6.49. The molecule has 0 saturated heterocycles. The summed E-state index contributed by atoms with van der Waals surface area (Å²) in [6.45, 7) is 4.49. The summed E-state index contributed by atoms with van der Waals surface area (Å²) in [5, 5.41) is 10.4. The van der Waals surface area contributed by atoms with Crippen LogP contribution in [-0.4, -0.2) is 46.6 Å². The summed E-state index contributed by atoms with van der Waals surface area (Å²) >= 11 is 1.42. The van der Waals surface area contributed by atoms with Gasteiger partial charge in [0.15, 0.2) is 0 Å². The fourth-order valence-electron chi connectivity index (χ4n) is 1.14. The summed E-state index contributed by atoms with van der Waals surface area (Å²) in [5.74, 6) is 1.06. The van der Waals surface area contributed by atoms with Crippen LogP contribution in [0.15, 0.2) is 5.16 Å². The van der Waals surface area contributed by atoms with E-state index in [-0.39, 0.29) is 12.0 Å². The van der Waals surface area contributed by atoms with Crippen molar-refractivity contribution >= 4 is 17.7 Å². The number of carbonyl (C=O) groups excluding carboxylic acids is 1. The number of aromatic nitrogens is 3. The van der Waals surface area contributed by atoms with E-state index >= 15 is 0 Å². The first kappa shape index (κ1) is 13.0. The van der Waals surface area contributed by atoms with Crippen LogP contribution in [0.3, 0.4) is 0 Å². The number of aryl methyl sites for hydroxylation is 1. The van der Waals surface area contributed by atoms with Crippen molar-refractivity contribution in [1.29, 1.82) is 0 Å². The van der Waals surface area contributed by atoms with Crippen molar-refractivity contribution in [2.24, 2.45) is 0 Å². The van der Waals surface area contributed by atoms with E-state index in [0.29, 0.717) is 17.5 Å². The normalized spacial score (nSPS) is 12.4. The third-order valence-electron chi connectivity index (χ3n) is 1.89. The first-order valence-corrected chi connectivity index (χ1v) is 5.99. The molecule has 0 saturated carbocycles. The molecule has 16 heavy (non-hydrogen) atoms. The highest BCUT2D eigenvalue weighted by Gasteiger charge is 2.18. The summed E-state index contributed by atoms with van der Waals surface area (Å²) in [7, 11) is 1.38. The maximum absolute atomic E-state index is 11.4. The highest BCUT2D eigenvalue weighted by Crippen LogP contribution is 2.13. The number of nitrogens with zero attached hydrogens (tertiary/aromatic N) is 2. The third kappa shape index (κ3) is 3.82. The summed E-state index contributed by atoms with van der Waals surface area (Å²) in [5.41, 5.74) is 0. The number of rotatable bonds is 6. The SMILES string of the molecule is CCNC(CSc1n[nH]c(C)n1)C(=O)OC. The topological polar surface area (TPSA) is 79.9 Å². The average molecular weight is 244 g/mol. The molecule has 1 aromatic heterocycles. The number of likely N-dealkylation sites (N-methyl/N-ethyl adjacent to an activating group) is 1. The molecule has 0 aliphatic heterocycles. The van der Waals surface area contributed by atoms with E-state index in [9.17, 15) is 4.79 Å². The van der Waals surface area contributed by atoms with E-state index in [4.69, 9.17) is 4.74 Å². The van der Waals surface area contributed by atoms with Gasteiger partial charge in [0, 0.05) is 5.75 Å². The number of H-pyrrole nitrogens is 1. The highest BCUT2D eigenvalue weighted by molar-refractivity contribution is 7.99. The molecule has 90 valence electrons. The minimum atomic E-state index is -0.321. The summed E-state index contributed by atoms with van der Waals surface area (Å²) in [6.07, 6.45) is 0. The molecule has 0 amide bonds. The monoisotopic (exact) mass is 244 g/mol. The lowest BCUT2D eigenvalue weighted by Crippen LogP contribution is -2.39. The maximum atomic E-state index is 11.4. The molecule has 0 aromatic carbocycles. The van der Waals surface area contributed by atoms with Crippen LogP contribution < -0.4 is 5.32 Å². The van der Waals surface area contributed by atoms with E-state index < -0.39 is 0 Å². The molecule has 0 radical (unpaired) electrons. The zero-order chi connectivity index (χ0) is 12.0. The molecule has 1 heterocycles. The van der Waals surface area contributed by atoms with E-state index in [1.165, 1.54) is 18.9 Å². The Morgan fingerprint density at radius 3 is 2.94 bits per heavy atom. The third-order valence-corrected chi connectivity index (χ3v) is 2.83. The van der Waals surface area contributed by atoms with Gasteiger partial charge in [0.25, 0.3) is 0 Å². The first-order chi connectivity index (χ1) is 7.67. The Labute approximate surface area is 98.6 Å².